The zero-order valence-corrected chi connectivity index (χ0v) is 11.4. The Kier molecular flexibility index (Phi) is 3.27. The second kappa shape index (κ2) is 4.34. The highest BCUT2D eigenvalue weighted by atomic mass is 79.9. The molecular weight excluding hydrogens is 273 g/mol. The van der Waals surface area contributed by atoms with Crippen molar-refractivity contribution in [2.75, 3.05) is 18.0 Å². The normalized spacial score (nSPS) is 14.9. The van der Waals surface area contributed by atoms with E-state index in [1.807, 2.05) is 6.07 Å². The third kappa shape index (κ3) is 2.16. The number of benzene rings is 1. The van der Waals surface area contributed by atoms with Gasteiger partial charge in [-0.15, -0.1) is 0 Å². The Hall–Kier alpha value is -0.210. The van der Waals surface area contributed by atoms with Crippen molar-refractivity contribution in [3.8, 4) is 0 Å². The Balaban J connectivity index is 2.32. The summed E-state index contributed by atoms with van der Waals surface area (Å²) in [5.41, 5.74) is 2.61. The highest BCUT2D eigenvalue weighted by Gasteiger charge is 2.22. The molecular formula is C12H15BrClN. The molecule has 1 nitrogen and oxygen atoms in total. The zero-order valence-electron chi connectivity index (χ0n) is 9.06. The molecule has 0 aliphatic carbocycles. The molecule has 1 aromatic carbocycles. The fourth-order valence-corrected chi connectivity index (χ4v) is 2.74. The summed E-state index contributed by atoms with van der Waals surface area (Å²) >= 11 is 9.74. The smallest absolute Gasteiger partial charge is 0.0601 e. The molecule has 1 aromatic rings. The monoisotopic (exact) mass is 287 g/mol. The van der Waals surface area contributed by atoms with Crippen molar-refractivity contribution in [3.05, 3.63) is 27.2 Å². The van der Waals surface area contributed by atoms with E-state index in [9.17, 15) is 0 Å². The summed E-state index contributed by atoms with van der Waals surface area (Å²) in [6.45, 7) is 6.71. The molecule has 0 radical (unpaired) electrons. The minimum absolute atomic E-state index is 0.693. The van der Waals surface area contributed by atoms with Gasteiger partial charge in [0.05, 0.1) is 5.02 Å². The summed E-state index contributed by atoms with van der Waals surface area (Å²) in [6, 6.07) is 4.21. The number of anilines is 1. The van der Waals surface area contributed by atoms with Crippen LogP contribution >= 0.6 is 27.5 Å². The van der Waals surface area contributed by atoms with Crippen molar-refractivity contribution >= 4 is 33.2 Å². The van der Waals surface area contributed by atoms with E-state index in [-0.39, 0.29) is 0 Å². The first-order valence-electron chi connectivity index (χ1n) is 5.31. The van der Waals surface area contributed by atoms with E-state index in [1.54, 1.807) is 0 Å². The van der Waals surface area contributed by atoms with Crippen LogP contribution < -0.4 is 4.90 Å². The van der Waals surface area contributed by atoms with Crippen LogP contribution in [0.4, 0.5) is 5.69 Å². The van der Waals surface area contributed by atoms with Crippen LogP contribution in [0, 0.1) is 5.92 Å². The predicted octanol–water partition coefficient (Wildman–Crippen LogP) is 4.12. The second-order valence-corrected chi connectivity index (χ2v) is 5.68. The Bertz CT molecular complexity index is 376. The number of nitrogens with zero attached hydrogens (tertiary/aromatic N) is 1. The van der Waals surface area contributed by atoms with Crippen molar-refractivity contribution in [1.82, 2.24) is 0 Å². The van der Waals surface area contributed by atoms with Crippen molar-refractivity contribution in [1.29, 1.82) is 0 Å². The minimum Gasteiger partial charge on any atom is -0.371 e. The van der Waals surface area contributed by atoms with Gasteiger partial charge in [-0.2, -0.15) is 0 Å². The molecule has 0 amide bonds. The molecule has 0 atom stereocenters. The summed E-state index contributed by atoms with van der Waals surface area (Å²) in [7, 11) is 0. The predicted molar refractivity (Wildman–Crippen MR) is 69.9 cm³/mol. The average Bonchev–Trinajstić information content (AvgIpc) is 2.55. The van der Waals surface area contributed by atoms with Crippen LogP contribution in [0.1, 0.15) is 19.4 Å². The zero-order chi connectivity index (χ0) is 11.0. The fourth-order valence-electron chi connectivity index (χ4n) is 2.11. The molecule has 3 heteroatoms. The van der Waals surface area contributed by atoms with Crippen LogP contribution in [-0.2, 0) is 6.42 Å². The maximum absolute atomic E-state index is 6.27. The molecule has 0 bridgehead atoms. The van der Waals surface area contributed by atoms with Crippen LogP contribution in [0.15, 0.2) is 16.6 Å². The molecule has 0 fully saturated rings. The molecule has 0 N–H and O–H groups in total. The molecule has 2 rings (SSSR count). The Labute approximate surface area is 105 Å². The first-order chi connectivity index (χ1) is 7.09. The topological polar surface area (TPSA) is 3.24 Å². The van der Waals surface area contributed by atoms with Gasteiger partial charge in [-0.25, -0.2) is 0 Å². The molecule has 15 heavy (non-hydrogen) atoms. The lowest BCUT2D eigenvalue weighted by Gasteiger charge is -2.21. The first kappa shape index (κ1) is 11.3. The van der Waals surface area contributed by atoms with Gasteiger partial charge in [-0.05, 0) is 46.0 Å². The van der Waals surface area contributed by atoms with Gasteiger partial charge in [0.15, 0.2) is 0 Å². The fraction of sp³-hybridized carbons (Fsp3) is 0.500. The quantitative estimate of drug-likeness (QED) is 0.791. The number of rotatable bonds is 2. The van der Waals surface area contributed by atoms with Gasteiger partial charge in [0, 0.05) is 23.2 Å². The maximum Gasteiger partial charge on any atom is 0.0601 e. The highest BCUT2D eigenvalue weighted by molar-refractivity contribution is 9.10. The lowest BCUT2D eigenvalue weighted by Crippen LogP contribution is -2.25. The largest absolute Gasteiger partial charge is 0.371 e. The van der Waals surface area contributed by atoms with E-state index >= 15 is 0 Å². The molecule has 0 spiro atoms. The van der Waals surface area contributed by atoms with Gasteiger partial charge in [-0.1, -0.05) is 25.4 Å². The van der Waals surface area contributed by atoms with Gasteiger partial charge in [0.25, 0.3) is 0 Å². The number of halogens is 2. The molecule has 0 unspecified atom stereocenters. The van der Waals surface area contributed by atoms with E-state index in [0.29, 0.717) is 5.92 Å². The van der Waals surface area contributed by atoms with Crippen LogP contribution in [0.25, 0.3) is 0 Å². The van der Waals surface area contributed by atoms with Gasteiger partial charge in [0.2, 0.25) is 0 Å². The van der Waals surface area contributed by atoms with Crippen LogP contribution in [-0.4, -0.2) is 13.1 Å². The number of hydrogen-bond acceptors (Lipinski definition) is 1. The minimum atomic E-state index is 0.693. The summed E-state index contributed by atoms with van der Waals surface area (Å²) in [6.07, 6.45) is 1.07. The highest BCUT2D eigenvalue weighted by Crippen LogP contribution is 2.38. The molecule has 1 heterocycles. The van der Waals surface area contributed by atoms with Crippen molar-refractivity contribution < 1.29 is 0 Å². The molecule has 1 aliphatic rings. The van der Waals surface area contributed by atoms with Gasteiger partial charge < -0.3 is 4.90 Å². The molecule has 0 aromatic heterocycles. The molecule has 1 aliphatic heterocycles. The van der Waals surface area contributed by atoms with Gasteiger partial charge in [0.1, 0.15) is 0 Å². The van der Waals surface area contributed by atoms with Crippen molar-refractivity contribution in [2.45, 2.75) is 20.3 Å². The lowest BCUT2D eigenvalue weighted by atomic mass is 10.1. The number of hydrogen-bond donors (Lipinski definition) is 0. The Morgan fingerprint density at radius 3 is 2.87 bits per heavy atom. The average molecular weight is 289 g/mol. The Morgan fingerprint density at radius 1 is 1.47 bits per heavy atom. The number of fused-ring (bicyclic) bond motifs is 1. The van der Waals surface area contributed by atoms with Crippen molar-refractivity contribution in [2.24, 2.45) is 5.92 Å². The van der Waals surface area contributed by atoms with E-state index in [2.05, 4.69) is 40.7 Å². The van der Waals surface area contributed by atoms with Crippen LogP contribution in [0.5, 0.6) is 0 Å². The van der Waals surface area contributed by atoms with E-state index < -0.39 is 0 Å². The van der Waals surface area contributed by atoms with E-state index in [1.165, 1.54) is 11.3 Å². The van der Waals surface area contributed by atoms with E-state index in [4.69, 9.17) is 11.6 Å². The molecule has 82 valence electrons. The summed E-state index contributed by atoms with van der Waals surface area (Å²) in [4.78, 5) is 2.43. The first-order valence-corrected chi connectivity index (χ1v) is 6.48. The van der Waals surface area contributed by atoms with Crippen LogP contribution in [0.3, 0.4) is 0 Å². The Morgan fingerprint density at radius 2 is 2.20 bits per heavy atom. The standard InChI is InChI=1S/C12H15BrClN/c1-8(2)7-15-6-5-9-11(15)4-3-10(13)12(9)14/h3-4,8H,5-7H2,1-2H3. The molecule has 0 saturated carbocycles. The van der Waals surface area contributed by atoms with Gasteiger partial charge >= 0.3 is 0 Å². The SMILES string of the molecule is CC(C)CN1CCc2c1ccc(Br)c2Cl. The third-order valence-corrected chi connectivity index (χ3v) is 4.05. The summed E-state index contributed by atoms with van der Waals surface area (Å²) in [5, 5.41) is 0.888. The summed E-state index contributed by atoms with van der Waals surface area (Å²) in [5.74, 6) is 0.693. The maximum atomic E-state index is 6.27. The molecule has 0 saturated heterocycles. The third-order valence-electron chi connectivity index (χ3n) is 2.73. The van der Waals surface area contributed by atoms with Gasteiger partial charge in [-0.3, -0.25) is 0 Å². The summed E-state index contributed by atoms with van der Waals surface area (Å²) < 4.78 is 1.01. The van der Waals surface area contributed by atoms with E-state index in [0.717, 1.165) is 29.0 Å². The van der Waals surface area contributed by atoms with Crippen LogP contribution in [0.2, 0.25) is 5.02 Å². The lowest BCUT2D eigenvalue weighted by molar-refractivity contribution is 0.622. The second-order valence-electron chi connectivity index (χ2n) is 4.45. The van der Waals surface area contributed by atoms with Crippen molar-refractivity contribution in [3.63, 3.8) is 0 Å².